The third-order valence-electron chi connectivity index (χ3n) is 7.57. The Hall–Kier alpha value is -4.96. The van der Waals surface area contributed by atoms with E-state index >= 15 is 0 Å². The minimum absolute atomic E-state index is 0.724. The lowest BCUT2D eigenvalue weighted by molar-refractivity contribution is 0.496. The molecule has 0 amide bonds. The second-order valence-electron chi connectivity index (χ2n) is 10.1. The maximum absolute atomic E-state index is 2.48. The highest BCUT2D eigenvalue weighted by atomic mass is 15.4. The highest BCUT2D eigenvalue weighted by Crippen LogP contribution is 2.50. The molecule has 0 unspecified atom stereocenters. The van der Waals surface area contributed by atoms with Crippen molar-refractivity contribution in [2.24, 2.45) is 0 Å². The van der Waals surface area contributed by atoms with Crippen molar-refractivity contribution in [3.05, 3.63) is 140 Å². The van der Waals surface area contributed by atoms with Gasteiger partial charge in [-0.1, -0.05) is 97.1 Å². The Morgan fingerprint density at radius 3 is 1.67 bits per heavy atom. The van der Waals surface area contributed by atoms with Crippen LogP contribution in [0.15, 0.2) is 140 Å². The minimum atomic E-state index is 0.724. The van der Waals surface area contributed by atoms with Crippen molar-refractivity contribution >= 4 is 28.4 Å². The van der Waals surface area contributed by atoms with Gasteiger partial charge >= 0.3 is 0 Å². The molecule has 190 valence electrons. The summed E-state index contributed by atoms with van der Waals surface area (Å²) in [4.78, 5) is 9.38. The van der Waals surface area contributed by atoms with Gasteiger partial charge in [-0.2, -0.15) is 0 Å². The van der Waals surface area contributed by atoms with Gasteiger partial charge in [0.25, 0.3) is 0 Å². The van der Waals surface area contributed by atoms with Crippen LogP contribution in [-0.2, 0) is 0 Å². The molecule has 2 aliphatic heterocycles. The van der Waals surface area contributed by atoms with Crippen LogP contribution in [0.5, 0.6) is 0 Å². The third kappa shape index (κ3) is 4.20. The summed E-state index contributed by atoms with van der Waals surface area (Å²) in [6.45, 7) is 1.58. The average molecular weight is 507 g/mol. The van der Waals surface area contributed by atoms with E-state index in [1.165, 1.54) is 50.7 Å². The van der Waals surface area contributed by atoms with Crippen LogP contribution in [0.4, 0.5) is 28.4 Å². The molecule has 0 spiro atoms. The molecule has 2 heterocycles. The van der Waals surface area contributed by atoms with Gasteiger partial charge in [-0.3, -0.25) is 0 Å². The molecule has 0 saturated carbocycles. The lowest BCUT2D eigenvalue weighted by atomic mass is 9.95. The first-order chi connectivity index (χ1) is 19.3. The fraction of sp³-hybridized carbons (Fsp3) is 0.0857. The molecule has 0 fully saturated rings. The van der Waals surface area contributed by atoms with Gasteiger partial charge < -0.3 is 19.6 Å². The van der Waals surface area contributed by atoms with E-state index in [1.54, 1.807) is 0 Å². The fourth-order valence-electron chi connectivity index (χ4n) is 5.70. The van der Waals surface area contributed by atoms with E-state index in [1.807, 2.05) is 0 Å². The molecule has 0 bridgehead atoms. The van der Waals surface area contributed by atoms with Gasteiger partial charge in [0.05, 0.1) is 23.7 Å². The summed E-state index contributed by atoms with van der Waals surface area (Å²) in [5, 5.41) is 0. The number of nitrogens with zero attached hydrogens (tertiary/aromatic N) is 4. The Kier molecular flexibility index (Phi) is 5.78. The smallest absolute Gasteiger partial charge is 0.100 e. The van der Waals surface area contributed by atoms with Crippen molar-refractivity contribution in [1.29, 1.82) is 0 Å². The second-order valence-corrected chi connectivity index (χ2v) is 10.1. The van der Waals surface area contributed by atoms with Crippen molar-refractivity contribution in [3.8, 4) is 22.3 Å². The maximum Gasteiger partial charge on any atom is 0.100 e. The van der Waals surface area contributed by atoms with Crippen LogP contribution in [0.3, 0.4) is 0 Å². The van der Waals surface area contributed by atoms with E-state index < -0.39 is 0 Å². The first-order valence-electron chi connectivity index (χ1n) is 13.4. The molecule has 7 rings (SSSR count). The van der Waals surface area contributed by atoms with E-state index in [0.29, 0.717) is 0 Å². The van der Waals surface area contributed by atoms with Crippen LogP contribution >= 0.6 is 0 Å². The van der Waals surface area contributed by atoms with Crippen molar-refractivity contribution in [1.82, 2.24) is 4.90 Å². The Bertz CT molecular complexity index is 1590. The van der Waals surface area contributed by atoms with E-state index in [-0.39, 0.29) is 0 Å². The number of benzene rings is 5. The number of para-hydroxylation sites is 3. The summed E-state index contributed by atoms with van der Waals surface area (Å²) in [5.41, 5.74) is 10.9. The summed E-state index contributed by atoms with van der Waals surface area (Å²) in [7, 11) is 2.10. The Balaban J connectivity index is 1.37. The highest BCUT2D eigenvalue weighted by Gasteiger charge is 2.31. The first-order valence-corrected chi connectivity index (χ1v) is 13.4. The van der Waals surface area contributed by atoms with Crippen LogP contribution in [0.1, 0.15) is 0 Å². The van der Waals surface area contributed by atoms with Gasteiger partial charge in [-0.15, -0.1) is 0 Å². The molecule has 0 aliphatic carbocycles. The molecular formula is C35H30N4. The summed E-state index contributed by atoms with van der Waals surface area (Å²) < 4.78 is 0. The molecule has 0 atom stereocenters. The van der Waals surface area contributed by atoms with E-state index in [0.717, 1.165) is 13.3 Å². The molecule has 5 aromatic carbocycles. The zero-order valence-electron chi connectivity index (χ0n) is 22.0. The SMILES string of the molecule is CN1C=CN(c2cccc(N3CN(c4c(-c5ccccc5)cccc4-c4ccccc4)c4ccccc43)c2)C1. The van der Waals surface area contributed by atoms with Crippen LogP contribution in [-0.4, -0.2) is 25.3 Å². The van der Waals surface area contributed by atoms with E-state index in [4.69, 9.17) is 0 Å². The van der Waals surface area contributed by atoms with Crippen molar-refractivity contribution < 1.29 is 0 Å². The molecular weight excluding hydrogens is 476 g/mol. The Labute approximate surface area is 230 Å². The van der Waals surface area contributed by atoms with Crippen LogP contribution in [0, 0.1) is 0 Å². The number of hydrogen-bond acceptors (Lipinski definition) is 4. The summed E-state index contributed by atoms with van der Waals surface area (Å²) in [6.07, 6.45) is 4.26. The molecule has 4 nitrogen and oxygen atoms in total. The van der Waals surface area contributed by atoms with E-state index in [9.17, 15) is 0 Å². The Morgan fingerprint density at radius 1 is 0.487 bits per heavy atom. The summed E-state index contributed by atoms with van der Waals surface area (Å²) in [5.74, 6) is 0. The highest BCUT2D eigenvalue weighted by molar-refractivity contribution is 5.98. The molecule has 4 heteroatoms. The van der Waals surface area contributed by atoms with Gasteiger partial charge in [0.1, 0.15) is 6.67 Å². The van der Waals surface area contributed by atoms with Gasteiger partial charge in [0, 0.05) is 41.9 Å². The van der Waals surface area contributed by atoms with Gasteiger partial charge in [0.2, 0.25) is 0 Å². The predicted molar refractivity (Wildman–Crippen MR) is 164 cm³/mol. The monoisotopic (exact) mass is 506 g/mol. The zero-order chi connectivity index (χ0) is 26.2. The molecule has 0 aromatic heterocycles. The Morgan fingerprint density at radius 2 is 1.05 bits per heavy atom. The molecule has 2 aliphatic rings. The van der Waals surface area contributed by atoms with Crippen LogP contribution in [0.2, 0.25) is 0 Å². The lowest BCUT2D eigenvalue weighted by Gasteiger charge is -2.27. The molecule has 39 heavy (non-hydrogen) atoms. The summed E-state index contributed by atoms with van der Waals surface area (Å²) in [6, 6.07) is 45.8. The quantitative estimate of drug-likeness (QED) is 0.237. The predicted octanol–water partition coefficient (Wildman–Crippen LogP) is 8.45. The van der Waals surface area contributed by atoms with Crippen molar-refractivity contribution in [3.63, 3.8) is 0 Å². The number of anilines is 5. The summed E-state index contributed by atoms with van der Waals surface area (Å²) >= 11 is 0. The van der Waals surface area contributed by atoms with Gasteiger partial charge in [0.15, 0.2) is 0 Å². The van der Waals surface area contributed by atoms with Gasteiger partial charge in [-0.05, 0) is 41.5 Å². The molecule has 0 saturated heterocycles. The largest absolute Gasteiger partial charge is 0.361 e. The van der Waals surface area contributed by atoms with Crippen molar-refractivity contribution in [2.75, 3.05) is 35.1 Å². The number of rotatable bonds is 5. The molecule has 0 radical (unpaired) electrons. The third-order valence-corrected chi connectivity index (χ3v) is 7.57. The molecule has 0 N–H and O–H groups in total. The van der Waals surface area contributed by atoms with Crippen LogP contribution in [0.25, 0.3) is 22.3 Å². The average Bonchev–Trinajstić information content (AvgIpc) is 3.62. The molecule has 5 aromatic rings. The standard InChI is InChI=1S/C35H30N4/c1-36-22-23-37(25-36)29-16-10-17-30(24-29)38-26-39(34-21-9-8-20-33(34)38)35-31(27-12-4-2-5-13-27)18-11-19-32(35)28-14-6-3-7-15-28/h2-24H,25-26H2,1H3. The maximum atomic E-state index is 2.48. The minimum Gasteiger partial charge on any atom is -0.361 e. The van der Waals surface area contributed by atoms with Gasteiger partial charge in [-0.25, -0.2) is 0 Å². The lowest BCUT2D eigenvalue weighted by Crippen LogP contribution is -2.25. The second kappa shape index (κ2) is 9.73. The fourth-order valence-corrected chi connectivity index (χ4v) is 5.70. The number of fused-ring (bicyclic) bond motifs is 1. The number of hydrogen-bond donors (Lipinski definition) is 0. The van der Waals surface area contributed by atoms with E-state index in [2.05, 4.69) is 166 Å². The zero-order valence-corrected chi connectivity index (χ0v) is 22.0. The van der Waals surface area contributed by atoms with Crippen LogP contribution < -0.4 is 14.7 Å². The first kappa shape index (κ1) is 23.2. The van der Waals surface area contributed by atoms with Crippen molar-refractivity contribution in [2.45, 2.75) is 0 Å². The normalized spacial score (nSPS) is 14.3. The topological polar surface area (TPSA) is 13.0 Å².